The summed E-state index contributed by atoms with van der Waals surface area (Å²) in [5.41, 5.74) is 1.41. The third-order valence-electron chi connectivity index (χ3n) is 4.43. The van der Waals surface area contributed by atoms with Crippen LogP contribution in [0, 0.1) is 10.1 Å². The van der Waals surface area contributed by atoms with Gasteiger partial charge in [-0.05, 0) is 31.5 Å². The Bertz CT molecular complexity index is 1050. The van der Waals surface area contributed by atoms with Gasteiger partial charge in [0.2, 0.25) is 0 Å². The number of hydrogen-bond acceptors (Lipinski definition) is 6. The van der Waals surface area contributed by atoms with Gasteiger partial charge in [0.1, 0.15) is 0 Å². The van der Waals surface area contributed by atoms with Gasteiger partial charge in [-0.25, -0.2) is 0 Å². The Labute approximate surface area is 182 Å². The van der Waals surface area contributed by atoms with E-state index >= 15 is 0 Å². The molecule has 0 bridgehead atoms. The van der Waals surface area contributed by atoms with E-state index in [1.165, 1.54) is 23.9 Å². The number of carbonyl (C=O) groups is 1. The van der Waals surface area contributed by atoms with Gasteiger partial charge in [-0.2, -0.15) is 0 Å². The normalized spacial score (nSPS) is 11.8. The van der Waals surface area contributed by atoms with Crippen LogP contribution in [0.15, 0.2) is 53.7 Å². The van der Waals surface area contributed by atoms with Crippen LogP contribution in [0.3, 0.4) is 0 Å². The summed E-state index contributed by atoms with van der Waals surface area (Å²) in [6.45, 7) is 4.46. The van der Waals surface area contributed by atoms with Crippen LogP contribution < -0.4 is 5.32 Å². The Balaban J connectivity index is 1.69. The smallest absolute Gasteiger partial charge is 0.269 e. The van der Waals surface area contributed by atoms with E-state index in [1.54, 1.807) is 36.4 Å². The summed E-state index contributed by atoms with van der Waals surface area (Å²) in [5.74, 6) is 0.958. The third-order valence-corrected chi connectivity index (χ3v) is 5.80. The highest BCUT2D eigenvalue weighted by Gasteiger charge is 2.20. The molecular weight excluding hydrogens is 426 g/mol. The van der Waals surface area contributed by atoms with Gasteiger partial charge in [-0.15, -0.1) is 10.2 Å². The average molecular weight is 446 g/mol. The number of benzene rings is 2. The minimum Gasteiger partial charge on any atom is -0.342 e. The second-order valence-electron chi connectivity index (χ2n) is 6.47. The number of hydrogen-bond donors (Lipinski definition) is 1. The zero-order valence-electron chi connectivity index (χ0n) is 16.4. The number of aromatic nitrogens is 3. The van der Waals surface area contributed by atoms with Gasteiger partial charge < -0.3 is 9.88 Å². The molecule has 0 aliphatic heterocycles. The SMILES string of the molecule is CCn1c(SCc2ccc([N+](=O)[O-])cc2)nnc1C(C)NC(=O)c1ccccc1Cl. The summed E-state index contributed by atoms with van der Waals surface area (Å²) in [4.78, 5) is 22.9. The van der Waals surface area contributed by atoms with Crippen LogP contribution in [0.2, 0.25) is 5.02 Å². The second kappa shape index (κ2) is 9.73. The van der Waals surface area contributed by atoms with E-state index in [4.69, 9.17) is 11.6 Å². The summed E-state index contributed by atoms with van der Waals surface area (Å²) in [6, 6.07) is 12.9. The summed E-state index contributed by atoms with van der Waals surface area (Å²) >= 11 is 7.58. The lowest BCUT2D eigenvalue weighted by molar-refractivity contribution is -0.384. The highest BCUT2D eigenvalue weighted by Crippen LogP contribution is 2.25. The Hall–Kier alpha value is -2.91. The number of nitrogens with zero attached hydrogens (tertiary/aromatic N) is 4. The van der Waals surface area contributed by atoms with Crippen LogP contribution in [-0.4, -0.2) is 25.6 Å². The maximum Gasteiger partial charge on any atom is 0.269 e. The number of nitro groups is 1. The van der Waals surface area contributed by atoms with Gasteiger partial charge in [0.15, 0.2) is 11.0 Å². The molecule has 1 atom stereocenters. The molecule has 0 aliphatic rings. The van der Waals surface area contributed by atoms with Gasteiger partial charge in [0, 0.05) is 24.4 Å². The van der Waals surface area contributed by atoms with E-state index in [1.807, 2.05) is 18.4 Å². The van der Waals surface area contributed by atoms with Crippen molar-refractivity contribution < 1.29 is 9.72 Å². The Kier molecular flexibility index (Phi) is 7.07. The second-order valence-corrected chi connectivity index (χ2v) is 7.82. The van der Waals surface area contributed by atoms with Crippen molar-refractivity contribution in [1.82, 2.24) is 20.1 Å². The standard InChI is InChI=1S/C20H20ClN5O3S/c1-3-25-18(13(2)22-19(27)16-6-4-5-7-17(16)21)23-24-20(25)30-12-14-8-10-15(11-9-14)26(28)29/h4-11,13H,3,12H2,1-2H3,(H,22,27). The molecule has 1 heterocycles. The van der Waals surface area contributed by atoms with E-state index in [9.17, 15) is 14.9 Å². The molecule has 0 fully saturated rings. The Morgan fingerprint density at radius 1 is 1.23 bits per heavy atom. The topological polar surface area (TPSA) is 103 Å². The average Bonchev–Trinajstić information content (AvgIpc) is 3.15. The van der Waals surface area contributed by atoms with Crippen LogP contribution >= 0.6 is 23.4 Å². The molecule has 156 valence electrons. The van der Waals surface area contributed by atoms with E-state index in [0.717, 1.165) is 5.56 Å². The number of nitrogens with one attached hydrogen (secondary N) is 1. The third kappa shape index (κ3) is 4.98. The highest BCUT2D eigenvalue weighted by atomic mass is 35.5. The summed E-state index contributed by atoms with van der Waals surface area (Å²) in [5, 5.41) is 23.3. The minimum atomic E-state index is -0.421. The van der Waals surface area contributed by atoms with Gasteiger partial charge >= 0.3 is 0 Å². The number of nitro benzene ring substituents is 1. The lowest BCUT2D eigenvalue weighted by Gasteiger charge is -2.15. The summed E-state index contributed by atoms with van der Waals surface area (Å²) in [6.07, 6.45) is 0. The zero-order valence-corrected chi connectivity index (χ0v) is 18.0. The van der Waals surface area contributed by atoms with E-state index < -0.39 is 4.92 Å². The predicted octanol–water partition coefficient (Wildman–Crippen LogP) is 4.64. The number of carbonyl (C=O) groups excluding carboxylic acids is 1. The maximum atomic E-state index is 12.5. The number of non-ortho nitro benzene ring substituents is 1. The van der Waals surface area contributed by atoms with Crippen LogP contribution in [-0.2, 0) is 12.3 Å². The molecule has 1 N–H and O–H groups in total. The fraction of sp³-hybridized carbons (Fsp3) is 0.250. The highest BCUT2D eigenvalue weighted by molar-refractivity contribution is 7.98. The Morgan fingerprint density at radius 2 is 1.93 bits per heavy atom. The molecule has 0 radical (unpaired) electrons. The number of amides is 1. The summed E-state index contributed by atoms with van der Waals surface area (Å²) < 4.78 is 1.94. The molecule has 8 nitrogen and oxygen atoms in total. The van der Waals surface area contributed by atoms with Crippen LogP contribution in [0.4, 0.5) is 5.69 Å². The minimum absolute atomic E-state index is 0.0610. The van der Waals surface area contributed by atoms with Gasteiger partial charge in [0.05, 0.1) is 21.6 Å². The first-order valence-corrected chi connectivity index (χ1v) is 10.6. The molecule has 2 aromatic carbocycles. The fourth-order valence-corrected chi connectivity index (χ4v) is 4.06. The molecular formula is C20H20ClN5O3S. The molecule has 1 unspecified atom stereocenters. The first-order chi connectivity index (χ1) is 14.4. The first kappa shape index (κ1) is 21.8. The maximum absolute atomic E-state index is 12.5. The predicted molar refractivity (Wildman–Crippen MR) is 116 cm³/mol. The van der Waals surface area contributed by atoms with Crippen molar-refractivity contribution in [1.29, 1.82) is 0 Å². The lowest BCUT2D eigenvalue weighted by Crippen LogP contribution is -2.29. The first-order valence-electron chi connectivity index (χ1n) is 9.25. The van der Waals surface area contributed by atoms with Crippen molar-refractivity contribution in [3.05, 3.63) is 80.6 Å². The fourth-order valence-electron chi connectivity index (χ4n) is 2.87. The van der Waals surface area contributed by atoms with Crippen molar-refractivity contribution in [2.45, 2.75) is 37.3 Å². The molecule has 30 heavy (non-hydrogen) atoms. The number of rotatable bonds is 8. The molecule has 0 spiro atoms. The lowest BCUT2D eigenvalue weighted by atomic mass is 10.2. The van der Waals surface area contributed by atoms with Crippen molar-refractivity contribution in [3.63, 3.8) is 0 Å². The molecule has 10 heteroatoms. The van der Waals surface area contributed by atoms with Gasteiger partial charge in [-0.1, -0.05) is 47.6 Å². The molecule has 1 amide bonds. The summed E-state index contributed by atoms with van der Waals surface area (Å²) in [7, 11) is 0. The molecule has 0 saturated heterocycles. The monoisotopic (exact) mass is 445 g/mol. The molecule has 0 aliphatic carbocycles. The van der Waals surface area contributed by atoms with Crippen LogP contribution in [0.1, 0.15) is 41.6 Å². The zero-order chi connectivity index (χ0) is 21.7. The Morgan fingerprint density at radius 3 is 2.57 bits per heavy atom. The van der Waals surface area contributed by atoms with E-state index in [2.05, 4.69) is 15.5 Å². The van der Waals surface area contributed by atoms with E-state index in [-0.39, 0.29) is 17.6 Å². The molecule has 3 aromatic rings. The molecule has 1 aromatic heterocycles. The number of halogens is 1. The van der Waals surface area contributed by atoms with Crippen LogP contribution in [0.25, 0.3) is 0 Å². The quantitative estimate of drug-likeness (QED) is 0.307. The molecule has 3 rings (SSSR count). The largest absolute Gasteiger partial charge is 0.342 e. The van der Waals surface area contributed by atoms with Gasteiger partial charge in [-0.3, -0.25) is 14.9 Å². The van der Waals surface area contributed by atoms with E-state index in [0.29, 0.717) is 33.9 Å². The molecule has 0 saturated carbocycles. The van der Waals surface area contributed by atoms with Crippen molar-refractivity contribution >= 4 is 35.0 Å². The van der Waals surface area contributed by atoms with Crippen LogP contribution in [0.5, 0.6) is 0 Å². The van der Waals surface area contributed by atoms with Crippen molar-refractivity contribution in [2.75, 3.05) is 0 Å². The number of thioether (sulfide) groups is 1. The van der Waals surface area contributed by atoms with Crippen molar-refractivity contribution in [2.24, 2.45) is 0 Å². The van der Waals surface area contributed by atoms with Gasteiger partial charge in [0.25, 0.3) is 11.6 Å². The van der Waals surface area contributed by atoms with Crippen molar-refractivity contribution in [3.8, 4) is 0 Å².